The van der Waals surface area contributed by atoms with E-state index in [1.54, 1.807) is 12.1 Å². The number of rotatable bonds is 2. The highest BCUT2D eigenvalue weighted by Crippen LogP contribution is 2.12. The Labute approximate surface area is 85.5 Å². The normalized spacial score (nSPS) is 8.62. The van der Waals surface area contributed by atoms with Gasteiger partial charge < -0.3 is 0 Å². The fraction of sp³-hybridized carbons (Fsp3) is 0.364. The zero-order chi connectivity index (χ0) is 10.3. The molecule has 13 heavy (non-hydrogen) atoms. The molecule has 0 atom stereocenters. The Morgan fingerprint density at radius 2 is 2.08 bits per heavy atom. The van der Waals surface area contributed by atoms with Gasteiger partial charge in [-0.15, -0.1) is 0 Å². The average molecular weight is 198 g/mol. The first-order valence-electron chi connectivity index (χ1n) is 4.55. The van der Waals surface area contributed by atoms with Crippen LogP contribution in [-0.2, 0) is 6.42 Å². The molecule has 1 aromatic rings. The number of aryl methyl sites for hydroxylation is 1. The Morgan fingerprint density at radius 1 is 1.46 bits per heavy atom. The van der Waals surface area contributed by atoms with Crippen LogP contribution in [0.15, 0.2) is 18.7 Å². The maximum Gasteiger partial charge on any atom is 0.129 e. The van der Waals surface area contributed by atoms with Crippen LogP contribution in [0.2, 0.25) is 5.15 Å². The quantitative estimate of drug-likeness (QED) is 0.654. The van der Waals surface area contributed by atoms with E-state index in [1.165, 1.54) is 0 Å². The van der Waals surface area contributed by atoms with Crippen molar-refractivity contribution in [3.8, 4) is 0 Å². The molecule has 0 bridgehead atoms. The highest BCUT2D eigenvalue weighted by molar-refractivity contribution is 6.29. The second-order valence-corrected chi connectivity index (χ2v) is 2.61. The molecule has 1 aromatic heterocycles. The van der Waals surface area contributed by atoms with Crippen LogP contribution in [0.1, 0.15) is 32.0 Å². The van der Waals surface area contributed by atoms with Gasteiger partial charge in [-0.3, -0.25) is 0 Å². The van der Waals surface area contributed by atoms with Gasteiger partial charge in [-0.1, -0.05) is 51.1 Å². The smallest absolute Gasteiger partial charge is 0.129 e. The molecule has 0 aliphatic rings. The molecule has 0 aromatic carbocycles. The van der Waals surface area contributed by atoms with Crippen molar-refractivity contribution in [3.63, 3.8) is 0 Å². The lowest BCUT2D eigenvalue weighted by Crippen LogP contribution is -1.90. The Kier molecular flexibility index (Phi) is 6.25. The lowest BCUT2D eigenvalue weighted by molar-refractivity contribution is 1.03. The number of hydrogen-bond acceptors (Lipinski definition) is 1. The highest BCUT2D eigenvalue weighted by Gasteiger charge is 1.98. The van der Waals surface area contributed by atoms with E-state index in [-0.39, 0.29) is 0 Å². The summed E-state index contributed by atoms with van der Waals surface area (Å²) in [6.07, 6.45) is 2.68. The van der Waals surface area contributed by atoms with E-state index in [1.807, 2.05) is 26.8 Å². The third kappa shape index (κ3) is 3.60. The van der Waals surface area contributed by atoms with Crippen molar-refractivity contribution < 1.29 is 0 Å². The van der Waals surface area contributed by atoms with Crippen molar-refractivity contribution in [1.29, 1.82) is 0 Å². The first-order valence-corrected chi connectivity index (χ1v) is 4.93. The fourth-order valence-corrected chi connectivity index (χ4v) is 1.12. The predicted octanol–water partition coefficient (Wildman–Crippen LogP) is 3.97. The van der Waals surface area contributed by atoms with Gasteiger partial charge in [0.15, 0.2) is 0 Å². The molecule has 1 rings (SSSR count). The van der Waals surface area contributed by atoms with Gasteiger partial charge in [0.25, 0.3) is 0 Å². The van der Waals surface area contributed by atoms with Gasteiger partial charge in [0.1, 0.15) is 5.15 Å². The molecule has 0 saturated carbocycles. The minimum Gasteiger partial charge on any atom is -0.241 e. The van der Waals surface area contributed by atoms with Gasteiger partial charge in [0.05, 0.1) is 0 Å². The first kappa shape index (κ1) is 12.2. The standard InChI is InChI=1S/C9H10ClN.C2H6/c1-3-7-5-6-9(10)11-8(7)4-2;1-2/h3,5-6H,1,4H2,2H3;1-2H3. The maximum atomic E-state index is 5.71. The maximum absolute atomic E-state index is 5.71. The number of hydrogen-bond donors (Lipinski definition) is 0. The third-order valence-electron chi connectivity index (χ3n) is 1.53. The van der Waals surface area contributed by atoms with E-state index in [4.69, 9.17) is 11.6 Å². The molecule has 0 spiro atoms. The summed E-state index contributed by atoms with van der Waals surface area (Å²) in [5.74, 6) is 0. The van der Waals surface area contributed by atoms with Crippen LogP contribution in [0.4, 0.5) is 0 Å². The van der Waals surface area contributed by atoms with Crippen LogP contribution in [0, 0.1) is 0 Å². The Hall–Kier alpha value is -0.820. The van der Waals surface area contributed by atoms with Crippen LogP contribution in [0.25, 0.3) is 6.08 Å². The highest BCUT2D eigenvalue weighted by atomic mass is 35.5. The van der Waals surface area contributed by atoms with Gasteiger partial charge in [0, 0.05) is 5.69 Å². The van der Waals surface area contributed by atoms with Crippen LogP contribution in [-0.4, -0.2) is 4.98 Å². The summed E-state index contributed by atoms with van der Waals surface area (Å²) in [6.45, 7) is 9.73. The molecular formula is C11H16ClN. The molecule has 1 nitrogen and oxygen atoms in total. The van der Waals surface area contributed by atoms with E-state index < -0.39 is 0 Å². The second kappa shape index (κ2) is 6.67. The van der Waals surface area contributed by atoms with E-state index in [0.717, 1.165) is 17.7 Å². The van der Waals surface area contributed by atoms with Crippen LogP contribution in [0.5, 0.6) is 0 Å². The van der Waals surface area contributed by atoms with E-state index in [0.29, 0.717) is 5.15 Å². The summed E-state index contributed by atoms with van der Waals surface area (Å²) in [6, 6.07) is 3.71. The zero-order valence-electron chi connectivity index (χ0n) is 8.47. The van der Waals surface area contributed by atoms with Crippen LogP contribution >= 0.6 is 11.6 Å². The summed E-state index contributed by atoms with van der Waals surface area (Å²) in [4.78, 5) is 4.16. The number of pyridine rings is 1. The molecule has 0 fully saturated rings. The van der Waals surface area contributed by atoms with Crippen molar-refractivity contribution in [3.05, 3.63) is 35.1 Å². The largest absolute Gasteiger partial charge is 0.241 e. The van der Waals surface area contributed by atoms with Gasteiger partial charge in [-0.2, -0.15) is 0 Å². The first-order chi connectivity index (χ1) is 6.27. The number of halogens is 1. The second-order valence-electron chi connectivity index (χ2n) is 2.23. The molecule has 0 aliphatic carbocycles. The molecule has 0 unspecified atom stereocenters. The fourth-order valence-electron chi connectivity index (χ4n) is 0.955. The molecule has 1 heterocycles. The Morgan fingerprint density at radius 3 is 2.54 bits per heavy atom. The molecule has 0 saturated heterocycles. The Bertz CT molecular complexity index is 269. The summed E-state index contributed by atoms with van der Waals surface area (Å²) in [5.41, 5.74) is 2.07. The minimum atomic E-state index is 0.549. The summed E-state index contributed by atoms with van der Waals surface area (Å²) < 4.78 is 0. The van der Waals surface area contributed by atoms with Crippen molar-refractivity contribution in [1.82, 2.24) is 4.98 Å². The van der Waals surface area contributed by atoms with Crippen molar-refractivity contribution in [2.45, 2.75) is 27.2 Å². The average Bonchev–Trinajstić information content (AvgIpc) is 2.20. The molecule has 2 heteroatoms. The third-order valence-corrected chi connectivity index (χ3v) is 1.74. The van der Waals surface area contributed by atoms with E-state index >= 15 is 0 Å². The Balaban J connectivity index is 0.000000671. The summed E-state index contributed by atoms with van der Waals surface area (Å²) in [5, 5.41) is 0.549. The summed E-state index contributed by atoms with van der Waals surface area (Å²) in [7, 11) is 0. The molecule has 0 aliphatic heterocycles. The topological polar surface area (TPSA) is 12.9 Å². The van der Waals surface area contributed by atoms with E-state index in [9.17, 15) is 0 Å². The van der Waals surface area contributed by atoms with Gasteiger partial charge >= 0.3 is 0 Å². The minimum absolute atomic E-state index is 0.549. The van der Waals surface area contributed by atoms with Crippen molar-refractivity contribution >= 4 is 17.7 Å². The molecular weight excluding hydrogens is 182 g/mol. The number of aromatic nitrogens is 1. The monoisotopic (exact) mass is 197 g/mol. The van der Waals surface area contributed by atoms with Crippen LogP contribution in [0.3, 0.4) is 0 Å². The molecule has 72 valence electrons. The molecule has 0 radical (unpaired) electrons. The van der Waals surface area contributed by atoms with E-state index in [2.05, 4.69) is 11.6 Å². The van der Waals surface area contributed by atoms with Crippen LogP contribution < -0.4 is 0 Å². The lowest BCUT2D eigenvalue weighted by Gasteiger charge is -2.00. The van der Waals surface area contributed by atoms with Gasteiger partial charge in [0.2, 0.25) is 0 Å². The molecule has 0 N–H and O–H groups in total. The number of nitrogens with zero attached hydrogens (tertiary/aromatic N) is 1. The lowest BCUT2D eigenvalue weighted by atomic mass is 10.1. The zero-order valence-corrected chi connectivity index (χ0v) is 9.23. The van der Waals surface area contributed by atoms with Gasteiger partial charge in [-0.05, 0) is 18.1 Å². The van der Waals surface area contributed by atoms with Gasteiger partial charge in [-0.25, -0.2) is 4.98 Å². The summed E-state index contributed by atoms with van der Waals surface area (Å²) >= 11 is 5.71. The van der Waals surface area contributed by atoms with Crippen molar-refractivity contribution in [2.24, 2.45) is 0 Å². The molecule has 0 amide bonds. The SMILES string of the molecule is C=Cc1ccc(Cl)nc1CC.CC. The predicted molar refractivity (Wildman–Crippen MR) is 60.1 cm³/mol. The van der Waals surface area contributed by atoms with Crippen molar-refractivity contribution in [2.75, 3.05) is 0 Å².